The first-order chi connectivity index (χ1) is 11.7. The fraction of sp³-hybridized carbons (Fsp3) is 0.100. The van der Waals surface area contributed by atoms with Crippen molar-refractivity contribution < 1.29 is 20.8 Å². The van der Waals surface area contributed by atoms with Crippen LogP contribution in [0.25, 0.3) is 28.0 Å². The van der Waals surface area contributed by atoms with Crippen LogP contribution in [0.4, 0.5) is 0 Å². The van der Waals surface area contributed by atoms with E-state index in [0.717, 1.165) is 0 Å². The molecule has 24 heavy (non-hydrogen) atoms. The molecule has 1 unspecified atom stereocenters. The molecule has 0 nitrogen and oxygen atoms in total. The summed E-state index contributed by atoms with van der Waals surface area (Å²) >= 11 is -0.826. The van der Waals surface area contributed by atoms with Gasteiger partial charge < -0.3 is 0 Å². The van der Waals surface area contributed by atoms with Crippen molar-refractivity contribution in [2.24, 2.45) is 0 Å². The van der Waals surface area contributed by atoms with E-state index in [0.29, 0.717) is 5.54 Å². The van der Waals surface area contributed by atoms with Crippen LogP contribution in [-0.2, 0) is 20.8 Å². The van der Waals surface area contributed by atoms with Crippen molar-refractivity contribution in [1.82, 2.24) is 0 Å². The Balaban J connectivity index is 0.000000526. The molecule has 3 aromatic carbocycles. The molecule has 0 amide bonds. The van der Waals surface area contributed by atoms with Gasteiger partial charge in [0.15, 0.2) is 0 Å². The number of hydrogen-bond donors (Lipinski definition) is 0. The summed E-state index contributed by atoms with van der Waals surface area (Å²) in [5.74, 6) is 0. The van der Waals surface area contributed by atoms with Gasteiger partial charge >= 0.3 is 37.9 Å². The number of fused-ring (bicyclic) bond motifs is 2. The Kier molecular flexibility index (Phi) is 6.16. The first-order valence-electron chi connectivity index (χ1n) is 7.93. The SMILES string of the molecule is CC1=Cc2c(-c3cccc4ccccc34)cccc2C1[SiH3].[Cl][Zr][Cl]. The number of hydrogen-bond acceptors (Lipinski definition) is 0. The van der Waals surface area contributed by atoms with Crippen LogP contribution in [0, 0.1) is 0 Å². The molecule has 1 aliphatic rings. The van der Waals surface area contributed by atoms with Crippen LogP contribution in [0.3, 0.4) is 0 Å². The standard InChI is InChI=1S/C20H18Si.2ClH.Zr/c1-13-12-19-17(10-5-11-18(19)20(13)21)16-9-4-7-14-6-2-3-8-15(14)16;;;/h2-12,20H,1,21H3;2*1H;/q;;;+2/p-2. The van der Waals surface area contributed by atoms with Gasteiger partial charge in [-0.05, 0) is 45.5 Å². The van der Waals surface area contributed by atoms with Crippen molar-refractivity contribution in [1.29, 1.82) is 0 Å². The van der Waals surface area contributed by atoms with Gasteiger partial charge in [-0.25, -0.2) is 0 Å². The van der Waals surface area contributed by atoms with Crippen LogP contribution in [0.2, 0.25) is 0 Å². The molecule has 0 radical (unpaired) electrons. The molecule has 0 heterocycles. The Morgan fingerprint density at radius 1 is 0.875 bits per heavy atom. The molecule has 0 bridgehead atoms. The number of halogens is 2. The van der Waals surface area contributed by atoms with E-state index in [1.54, 1.807) is 0 Å². The maximum atomic E-state index is 4.93. The Morgan fingerprint density at radius 3 is 2.29 bits per heavy atom. The van der Waals surface area contributed by atoms with E-state index >= 15 is 0 Å². The third-order valence-corrected chi connectivity index (χ3v) is 6.27. The molecule has 0 fully saturated rings. The van der Waals surface area contributed by atoms with Gasteiger partial charge in [0.2, 0.25) is 0 Å². The fourth-order valence-electron chi connectivity index (χ4n) is 3.41. The van der Waals surface area contributed by atoms with Crippen molar-refractivity contribution in [2.75, 3.05) is 0 Å². The molecule has 0 N–H and O–H groups in total. The quantitative estimate of drug-likeness (QED) is 0.419. The molecular weight excluding hydrogens is 430 g/mol. The topological polar surface area (TPSA) is 0 Å². The molecule has 0 aromatic heterocycles. The number of rotatable bonds is 1. The zero-order valence-corrected chi connectivity index (χ0v) is 19.7. The molecular formula is C20H18Cl2SiZr. The summed E-state index contributed by atoms with van der Waals surface area (Å²) in [5, 5.41) is 2.66. The van der Waals surface area contributed by atoms with Gasteiger partial charge in [0.05, 0.1) is 0 Å². The fourth-order valence-corrected chi connectivity index (χ4v) is 4.08. The molecule has 120 valence electrons. The molecule has 0 saturated heterocycles. The van der Waals surface area contributed by atoms with Gasteiger partial charge in [-0.15, -0.1) is 0 Å². The van der Waals surface area contributed by atoms with Crippen molar-refractivity contribution in [3.8, 4) is 11.1 Å². The summed E-state index contributed by atoms with van der Waals surface area (Å²) < 4.78 is 0. The van der Waals surface area contributed by atoms with E-state index < -0.39 is 20.8 Å². The summed E-state index contributed by atoms with van der Waals surface area (Å²) in [6.07, 6.45) is 2.39. The minimum absolute atomic E-state index is 0.676. The second-order valence-corrected chi connectivity index (χ2v) is 10.9. The molecule has 1 atom stereocenters. The third kappa shape index (κ3) is 3.48. The van der Waals surface area contributed by atoms with Gasteiger partial charge in [-0.2, -0.15) is 0 Å². The van der Waals surface area contributed by atoms with Crippen molar-refractivity contribution in [2.45, 2.75) is 12.5 Å². The van der Waals surface area contributed by atoms with Crippen LogP contribution in [0.15, 0.2) is 66.2 Å². The first-order valence-corrected chi connectivity index (χ1v) is 15.4. The molecule has 1 aliphatic carbocycles. The Bertz CT molecular complexity index is 900. The zero-order chi connectivity index (χ0) is 17.1. The van der Waals surface area contributed by atoms with E-state index in [9.17, 15) is 0 Å². The van der Waals surface area contributed by atoms with Crippen molar-refractivity contribution in [3.63, 3.8) is 0 Å². The second-order valence-electron chi connectivity index (χ2n) is 6.02. The predicted molar refractivity (Wildman–Crippen MR) is 107 cm³/mol. The van der Waals surface area contributed by atoms with E-state index in [1.807, 2.05) is 0 Å². The van der Waals surface area contributed by atoms with Crippen LogP contribution >= 0.6 is 17.0 Å². The zero-order valence-electron chi connectivity index (χ0n) is 13.7. The minimum atomic E-state index is -0.826. The molecule has 0 aliphatic heterocycles. The van der Waals surface area contributed by atoms with Crippen LogP contribution in [0.5, 0.6) is 0 Å². The Labute approximate surface area is 165 Å². The van der Waals surface area contributed by atoms with Crippen LogP contribution in [-0.4, -0.2) is 10.2 Å². The average Bonchev–Trinajstić information content (AvgIpc) is 2.90. The summed E-state index contributed by atoms with van der Waals surface area (Å²) in [6, 6.07) is 22.1. The molecule has 0 saturated carbocycles. The maximum absolute atomic E-state index is 4.93. The van der Waals surface area contributed by atoms with Gasteiger partial charge in [0.25, 0.3) is 0 Å². The van der Waals surface area contributed by atoms with Gasteiger partial charge in [0, 0.05) is 10.2 Å². The van der Waals surface area contributed by atoms with Crippen molar-refractivity contribution >= 4 is 44.1 Å². The van der Waals surface area contributed by atoms with E-state index in [-0.39, 0.29) is 0 Å². The van der Waals surface area contributed by atoms with Gasteiger partial charge in [-0.3, -0.25) is 0 Å². The van der Waals surface area contributed by atoms with Crippen LogP contribution in [0.1, 0.15) is 23.6 Å². The van der Waals surface area contributed by atoms with Gasteiger partial charge in [-0.1, -0.05) is 72.3 Å². The van der Waals surface area contributed by atoms with Gasteiger partial charge in [0.1, 0.15) is 0 Å². The molecule has 4 heteroatoms. The Hall–Kier alpha value is -0.660. The monoisotopic (exact) mass is 446 g/mol. The summed E-state index contributed by atoms with van der Waals surface area (Å²) in [4.78, 5) is 0. The Morgan fingerprint density at radius 2 is 1.50 bits per heavy atom. The number of allylic oxidation sites excluding steroid dienone is 1. The summed E-state index contributed by atoms with van der Waals surface area (Å²) in [7, 11) is 11.1. The molecule has 3 aromatic rings. The average molecular weight is 449 g/mol. The van der Waals surface area contributed by atoms with E-state index in [4.69, 9.17) is 17.0 Å². The summed E-state index contributed by atoms with van der Waals surface area (Å²) in [5.41, 5.74) is 7.88. The van der Waals surface area contributed by atoms with Crippen molar-refractivity contribution in [3.05, 3.63) is 77.4 Å². The van der Waals surface area contributed by atoms with E-state index in [1.165, 1.54) is 48.8 Å². The van der Waals surface area contributed by atoms with Crippen LogP contribution < -0.4 is 0 Å². The summed E-state index contributed by atoms with van der Waals surface area (Å²) in [6.45, 7) is 2.27. The predicted octanol–water partition coefficient (Wildman–Crippen LogP) is 5.71. The second kappa shape index (κ2) is 8.15. The molecule has 0 spiro atoms. The first kappa shape index (κ1) is 18.1. The molecule has 4 rings (SSSR count). The normalized spacial score (nSPS) is 15.5. The third-order valence-electron chi connectivity index (χ3n) is 4.74. The van der Waals surface area contributed by atoms with E-state index in [2.05, 4.69) is 73.7 Å². The number of benzene rings is 3.